The van der Waals surface area contributed by atoms with Crippen molar-refractivity contribution >= 4 is 0 Å². The van der Waals surface area contributed by atoms with Crippen LogP contribution in [0.15, 0.2) is 54.6 Å². The molecule has 4 heteroatoms. The van der Waals surface area contributed by atoms with Gasteiger partial charge in [0.1, 0.15) is 17.5 Å². The molecule has 2 aromatic rings. The molecule has 4 nitrogen and oxygen atoms in total. The number of para-hydroxylation sites is 1. The second-order valence-corrected chi connectivity index (χ2v) is 6.07. The quantitative estimate of drug-likeness (QED) is 0.856. The lowest BCUT2D eigenvalue weighted by Gasteiger charge is -2.39. The van der Waals surface area contributed by atoms with E-state index in [9.17, 15) is 5.11 Å². The molecule has 2 N–H and O–H groups in total. The zero-order chi connectivity index (χ0) is 16.8. The molecular formula is C20H25NO3. The molecule has 0 spiro atoms. The van der Waals surface area contributed by atoms with Crippen molar-refractivity contribution in [2.45, 2.75) is 25.0 Å². The van der Waals surface area contributed by atoms with Crippen LogP contribution in [0.4, 0.5) is 0 Å². The first-order valence-corrected chi connectivity index (χ1v) is 8.55. The van der Waals surface area contributed by atoms with Crippen LogP contribution in [0.1, 0.15) is 18.1 Å². The fraction of sp³-hybridized carbons (Fsp3) is 0.400. The van der Waals surface area contributed by atoms with Crippen molar-refractivity contribution in [3.8, 4) is 5.75 Å². The van der Waals surface area contributed by atoms with E-state index in [1.165, 1.54) is 0 Å². The van der Waals surface area contributed by atoms with Crippen LogP contribution in [-0.4, -0.2) is 37.5 Å². The molecule has 1 fully saturated rings. The first kappa shape index (κ1) is 17.0. The van der Waals surface area contributed by atoms with Crippen LogP contribution < -0.4 is 10.1 Å². The van der Waals surface area contributed by atoms with E-state index in [2.05, 4.69) is 5.32 Å². The van der Waals surface area contributed by atoms with Crippen LogP contribution in [0.25, 0.3) is 0 Å². The summed E-state index contributed by atoms with van der Waals surface area (Å²) in [5.74, 6) is 0.818. The number of ether oxygens (including phenoxy) is 2. The Morgan fingerprint density at radius 2 is 1.92 bits per heavy atom. The number of rotatable bonds is 6. The number of aliphatic hydroxyl groups is 1. The van der Waals surface area contributed by atoms with Gasteiger partial charge in [-0.2, -0.15) is 0 Å². The summed E-state index contributed by atoms with van der Waals surface area (Å²) in [5, 5.41) is 15.0. The summed E-state index contributed by atoms with van der Waals surface area (Å²) in [6.07, 6.45) is 0.142. The van der Waals surface area contributed by atoms with Crippen LogP contribution in [-0.2, 0) is 16.8 Å². The van der Waals surface area contributed by atoms with E-state index in [0.29, 0.717) is 26.2 Å². The smallest absolute Gasteiger partial charge is 0.122 e. The van der Waals surface area contributed by atoms with Gasteiger partial charge in [-0.15, -0.1) is 0 Å². The predicted octanol–water partition coefficient (Wildman–Crippen LogP) is 2.50. The van der Waals surface area contributed by atoms with Gasteiger partial charge >= 0.3 is 0 Å². The Balaban J connectivity index is 1.96. The third-order valence-corrected chi connectivity index (χ3v) is 4.47. The van der Waals surface area contributed by atoms with Crippen molar-refractivity contribution < 1.29 is 14.6 Å². The highest BCUT2D eigenvalue weighted by atomic mass is 16.5. The van der Waals surface area contributed by atoms with Gasteiger partial charge in [-0.1, -0.05) is 48.5 Å². The highest BCUT2D eigenvalue weighted by Crippen LogP contribution is 2.34. The van der Waals surface area contributed by atoms with Gasteiger partial charge in [-0.25, -0.2) is 0 Å². The molecule has 3 rings (SSSR count). The average molecular weight is 327 g/mol. The minimum atomic E-state index is -1.11. The maximum atomic E-state index is 11.6. The number of benzene rings is 2. The Morgan fingerprint density at radius 1 is 1.17 bits per heavy atom. The van der Waals surface area contributed by atoms with Crippen molar-refractivity contribution in [3.63, 3.8) is 0 Å². The van der Waals surface area contributed by atoms with Crippen molar-refractivity contribution in [3.05, 3.63) is 65.7 Å². The number of hydrogen-bond acceptors (Lipinski definition) is 4. The van der Waals surface area contributed by atoms with E-state index in [1.807, 2.05) is 61.5 Å². The summed E-state index contributed by atoms with van der Waals surface area (Å²) in [7, 11) is 0. The lowest BCUT2D eigenvalue weighted by atomic mass is 9.81. The summed E-state index contributed by atoms with van der Waals surface area (Å²) in [6, 6.07) is 17.7. The summed E-state index contributed by atoms with van der Waals surface area (Å²) < 4.78 is 11.7. The standard InChI is InChI=1S/C20H25NO3/c1-2-23-18-11-7-6-8-16(18)14-20(22,17-9-4-3-5-10-17)19-15-21-12-13-24-19/h3-11,19,21-22H,2,12-15H2,1H3/t19-,20+/m1/s1. The van der Waals surface area contributed by atoms with Gasteiger partial charge in [0.15, 0.2) is 0 Å². The minimum Gasteiger partial charge on any atom is -0.494 e. The third-order valence-electron chi connectivity index (χ3n) is 4.47. The lowest BCUT2D eigenvalue weighted by molar-refractivity contribution is -0.124. The Labute approximate surface area is 143 Å². The van der Waals surface area contributed by atoms with Crippen molar-refractivity contribution in [2.75, 3.05) is 26.3 Å². The molecule has 0 radical (unpaired) electrons. The SMILES string of the molecule is CCOc1ccccc1C[C@](O)(c1ccccc1)[C@H]1CNCCO1. The Morgan fingerprint density at radius 3 is 2.62 bits per heavy atom. The molecule has 128 valence electrons. The Bertz CT molecular complexity index is 640. The molecule has 0 aromatic heterocycles. The van der Waals surface area contributed by atoms with E-state index < -0.39 is 5.60 Å². The lowest BCUT2D eigenvalue weighted by Crippen LogP contribution is -2.52. The third kappa shape index (κ3) is 3.61. The molecule has 0 saturated carbocycles. The second kappa shape index (κ2) is 7.79. The zero-order valence-electron chi connectivity index (χ0n) is 14.1. The van der Waals surface area contributed by atoms with Gasteiger partial charge in [0.05, 0.1) is 13.2 Å². The molecule has 1 aliphatic rings. The zero-order valence-corrected chi connectivity index (χ0v) is 14.1. The van der Waals surface area contributed by atoms with Crippen LogP contribution >= 0.6 is 0 Å². The summed E-state index contributed by atoms with van der Waals surface area (Å²) in [5.41, 5.74) is 0.742. The number of nitrogens with one attached hydrogen (secondary N) is 1. The fourth-order valence-electron chi connectivity index (χ4n) is 3.24. The van der Waals surface area contributed by atoms with Gasteiger partial charge in [0, 0.05) is 19.5 Å². The largest absolute Gasteiger partial charge is 0.494 e. The maximum absolute atomic E-state index is 11.6. The highest BCUT2D eigenvalue weighted by Gasteiger charge is 2.41. The highest BCUT2D eigenvalue weighted by molar-refractivity contribution is 5.37. The van der Waals surface area contributed by atoms with Gasteiger partial charge in [0.2, 0.25) is 0 Å². The summed E-state index contributed by atoms with van der Waals surface area (Å²) in [6.45, 7) is 4.61. The molecule has 0 bridgehead atoms. The van der Waals surface area contributed by atoms with E-state index in [4.69, 9.17) is 9.47 Å². The summed E-state index contributed by atoms with van der Waals surface area (Å²) >= 11 is 0. The molecular weight excluding hydrogens is 302 g/mol. The second-order valence-electron chi connectivity index (χ2n) is 6.07. The normalized spacial score (nSPS) is 20.3. The van der Waals surface area contributed by atoms with Crippen LogP contribution in [0.3, 0.4) is 0 Å². The van der Waals surface area contributed by atoms with Crippen molar-refractivity contribution in [2.24, 2.45) is 0 Å². The van der Waals surface area contributed by atoms with Crippen molar-refractivity contribution in [1.82, 2.24) is 5.32 Å². The van der Waals surface area contributed by atoms with Gasteiger partial charge in [-0.05, 0) is 24.1 Å². The van der Waals surface area contributed by atoms with Crippen LogP contribution in [0.2, 0.25) is 0 Å². The molecule has 0 unspecified atom stereocenters. The van der Waals surface area contributed by atoms with E-state index >= 15 is 0 Å². The Kier molecular flexibility index (Phi) is 5.51. The van der Waals surface area contributed by atoms with Gasteiger partial charge in [-0.3, -0.25) is 0 Å². The molecule has 2 atom stereocenters. The van der Waals surface area contributed by atoms with E-state index in [-0.39, 0.29) is 6.10 Å². The van der Waals surface area contributed by atoms with Gasteiger partial charge < -0.3 is 19.9 Å². The topological polar surface area (TPSA) is 50.7 Å². The van der Waals surface area contributed by atoms with Crippen molar-refractivity contribution in [1.29, 1.82) is 0 Å². The van der Waals surface area contributed by atoms with Crippen LogP contribution in [0.5, 0.6) is 5.75 Å². The fourth-order valence-corrected chi connectivity index (χ4v) is 3.24. The van der Waals surface area contributed by atoms with E-state index in [0.717, 1.165) is 23.4 Å². The predicted molar refractivity (Wildman–Crippen MR) is 94.3 cm³/mol. The van der Waals surface area contributed by atoms with E-state index in [1.54, 1.807) is 0 Å². The summed E-state index contributed by atoms with van der Waals surface area (Å²) in [4.78, 5) is 0. The van der Waals surface area contributed by atoms with Crippen LogP contribution in [0, 0.1) is 0 Å². The molecule has 1 aliphatic heterocycles. The maximum Gasteiger partial charge on any atom is 0.122 e. The number of hydrogen-bond donors (Lipinski definition) is 2. The molecule has 1 saturated heterocycles. The van der Waals surface area contributed by atoms with Gasteiger partial charge in [0.25, 0.3) is 0 Å². The first-order chi connectivity index (χ1) is 11.7. The first-order valence-electron chi connectivity index (χ1n) is 8.55. The molecule has 1 heterocycles. The average Bonchev–Trinajstić information content (AvgIpc) is 2.65. The molecule has 24 heavy (non-hydrogen) atoms. The molecule has 0 aliphatic carbocycles. The molecule has 0 amide bonds. The Hall–Kier alpha value is -1.88. The molecule has 2 aromatic carbocycles. The number of morpholine rings is 1. The minimum absolute atomic E-state index is 0.302. The monoisotopic (exact) mass is 327 g/mol.